The van der Waals surface area contributed by atoms with E-state index in [2.05, 4.69) is 54.6 Å². The predicted molar refractivity (Wildman–Crippen MR) is 159 cm³/mol. The van der Waals surface area contributed by atoms with E-state index >= 15 is 0 Å². The molecule has 7 nitrogen and oxygen atoms in total. The number of hydrogen-bond donors (Lipinski definition) is 1. The van der Waals surface area contributed by atoms with Gasteiger partial charge in [0, 0.05) is 43.1 Å². The Morgan fingerprint density at radius 2 is 1.82 bits per heavy atom. The van der Waals surface area contributed by atoms with Crippen LogP contribution in [0.3, 0.4) is 0 Å². The highest BCUT2D eigenvalue weighted by atomic mass is 32.3. The van der Waals surface area contributed by atoms with Gasteiger partial charge in [-0.2, -0.15) is 0 Å². The third-order valence-corrected chi connectivity index (χ3v) is 9.47. The van der Waals surface area contributed by atoms with Crippen LogP contribution < -0.4 is 14.2 Å². The Balaban J connectivity index is 1.24. The molecule has 2 aliphatic heterocycles. The smallest absolute Gasteiger partial charge is 0.306 e. The van der Waals surface area contributed by atoms with Crippen LogP contribution in [0.15, 0.2) is 54.6 Å². The van der Waals surface area contributed by atoms with Gasteiger partial charge in [0.1, 0.15) is 30.0 Å². The summed E-state index contributed by atoms with van der Waals surface area (Å²) in [5.74, 6) is 2.12. The molecule has 40 heavy (non-hydrogen) atoms. The van der Waals surface area contributed by atoms with E-state index in [0.29, 0.717) is 26.2 Å². The number of fused-ring (bicyclic) bond motifs is 1. The van der Waals surface area contributed by atoms with Gasteiger partial charge in [0.2, 0.25) is 0 Å². The molecule has 0 bridgehead atoms. The minimum absolute atomic E-state index is 0.00984. The Morgan fingerprint density at radius 1 is 1.05 bits per heavy atom. The highest BCUT2D eigenvalue weighted by Gasteiger charge is 2.29. The van der Waals surface area contributed by atoms with E-state index in [1.165, 1.54) is 12.7 Å². The Kier molecular flexibility index (Phi) is 8.19. The van der Waals surface area contributed by atoms with Crippen LogP contribution >= 0.6 is 0 Å². The van der Waals surface area contributed by atoms with E-state index in [9.17, 15) is 9.00 Å². The lowest BCUT2D eigenvalue weighted by Crippen LogP contribution is -2.34. The van der Waals surface area contributed by atoms with Crippen LogP contribution in [-0.4, -0.2) is 59.9 Å². The number of carbonyl (C=O) groups excluding carboxylic acids is 1. The summed E-state index contributed by atoms with van der Waals surface area (Å²) in [5, 5.41) is 0. The lowest BCUT2D eigenvalue weighted by atomic mass is 9.94. The summed E-state index contributed by atoms with van der Waals surface area (Å²) in [4.78, 5) is 11.7. The van der Waals surface area contributed by atoms with Gasteiger partial charge < -0.3 is 18.9 Å². The number of hydrogen-bond acceptors (Lipinski definition) is 6. The molecule has 3 aromatic rings. The van der Waals surface area contributed by atoms with Gasteiger partial charge in [-0.05, 0) is 72.4 Å². The van der Waals surface area contributed by atoms with Gasteiger partial charge in [-0.25, -0.2) is 4.31 Å². The lowest BCUT2D eigenvalue weighted by Gasteiger charge is -2.25. The van der Waals surface area contributed by atoms with Crippen LogP contribution in [0.1, 0.15) is 41.0 Å². The maximum atomic E-state index is 12.4. The summed E-state index contributed by atoms with van der Waals surface area (Å²) in [6.45, 7) is 6.64. The van der Waals surface area contributed by atoms with Crippen molar-refractivity contribution >= 4 is 16.1 Å². The zero-order valence-electron chi connectivity index (χ0n) is 23.9. The molecule has 0 radical (unpaired) electrons. The van der Waals surface area contributed by atoms with Crippen LogP contribution in [0.25, 0.3) is 11.1 Å². The normalized spacial score (nSPS) is 19.1. The summed E-state index contributed by atoms with van der Waals surface area (Å²) in [6.07, 6.45) is 4.89. The second kappa shape index (κ2) is 11.6. The van der Waals surface area contributed by atoms with Gasteiger partial charge >= 0.3 is 5.97 Å². The average Bonchev–Trinajstić information content (AvgIpc) is 3.54. The van der Waals surface area contributed by atoms with Crippen LogP contribution in [-0.2, 0) is 26.3 Å². The minimum Gasteiger partial charge on any atom is -0.492 e. The Bertz CT molecular complexity index is 1420. The molecule has 2 aliphatic rings. The summed E-state index contributed by atoms with van der Waals surface area (Å²) >= 11 is 0. The van der Waals surface area contributed by atoms with Gasteiger partial charge in [0.05, 0.1) is 20.1 Å². The van der Waals surface area contributed by atoms with Crippen molar-refractivity contribution in [2.45, 2.75) is 45.3 Å². The fourth-order valence-corrected chi connectivity index (χ4v) is 6.84. The number of benzene rings is 3. The standard InChI is InChI=1S/C32H39NO6S/c1-21-13-28(39-27-11-12-33(18-27)40(4,5)35)14-22(2)32(21)24-8-6-7-23(15-24)19-37-26-9-10-29-25(16-31(34)36-3)20-38-30(29)17-26/h6-10,13-15,17,25,27,40H,11-12,16,18-20H2,1-5H3/t25-,27?/m1/s1. The second-order valence-corrected chi connectivity index (χ2v) is 14.3. The number of esters is 1. The molecule has 0 saturated carbocycles. The molecule has 2 heterocycles. The van der Waals surface area contributed by atoms with E-state index in [4.69, 9.17) is 18.9 Å². The molecular formula is C32H39NO6S. The Hall–Kier alpha value is -3.36. The molecule has 5 rings (SSSR count). The van der Waals surface area contributed by atoms with Crippen molar-refractivity contribution in [3.05, 3.63) is 76.9 Å². The largest absolute Gasteiger partial charge is 0.492 e. The molecule has 1 saturated heterocycles. The van der Waals surface area contributed by atoms with Crippen molar-refractivity contribution in [3.8, 4) is 28.4 Å². The van der Waals surface area contributed by atoms with Crippen molar-refractivity contribution in [3.63, 3.8) is 0 Å². The second-order valence-electron chi connectivity index (χ2n) is 11.1. The molecule has 214 valence electrons. The molecule has 0 aromatic heterocycles. The van der Waals surface area contributed by atoms with E-state index in [1.807, 2.05) is 30.7 Å². The predicted octanol–water partition coefficient (Wildman–Crippen LogP) is 5.23. The number of methoxy groups -OCH3 is 1. The van der Waals surface area contributed by atoms with Crippen LogP contribution in [0.5, 0.6) is 17.2 Å². The maximum absolute atomic E-state index is 12.4. The van der Waals surface area contributed by atoms with Crippen LogP contribution in [0.2, 0.25) is 0 Å². The zero-order chi connectivity index (χ0) is 28.4. The molecule has 1 unspecified atom stereocenters. The van der Waals surface area contributed by atoms with Crippen LogP contribution in [0.4, 0.5) is 0 Å². The number of aryl methyl sites for hydroxylation is 2. The molecule has 0 spiro atoms. The van der Waals surface area contributed by atoms with E-state index < -0.39 is 10.1 Å². The zero-order valence-corrected chi connectivity index (χ0v) is 24.8. The summed E-state index contributed by atoms with van der Waals surface area (Å²) in [6, 6.07) is 18.4. The van der Waals surface area contributed by atoms with Crippen molar-refractivity contribution in [1.29, 1.82) is 0 Å². The average molecular weight is 566 g/mol. The SMILES string of the molecule is COC(=O)C[C@@H]1COc2cc(OCc3cccc(-c4c(C)cc(OC5CCN([SH](C)(C)=O)C5)cc4C)c3)ccc21. The molecule has 8 heteroatoms. The molecule has 0 amide bonds. The van der Waals surface area contributed by atoms with Gasteiger partial charge in [0.15, 0.2) is 0 Å². The van der Waals surface area contributed by atoms with Gasteiger partial charge in [-0.1, -0.05) is 34.4 Å². The number of nitrogens with zero attached hydrogens (tertiary/aromatic N) is 1. The highest BCUT2D eigenvalue weighted by molar-refractivity contribution is 7.99. The molecule has 2 atom stereocenters. The Labute approximate surface area is 237 Å². The van der Waals surface area contributed by atoms with Gasteiger partial charge in [0.25, 0.3) is 0 Å². The van der Waals surface area contributed by atoms with Gasteiger partial charge in [-0.3, -0.25) is 9.00 Å². The topological polar surface area (TPSA) is 74.3 Å². The van der Waals surface area contributed by atoms with E-state index in [1.54, 1.807) is 0 Å². The molecule has 0 aliphatic carbocycles. The molecule has 3 aromatic carbocycles. The summed E-state index contributed by atoms with van der Waals surface area (Å²) < 4.78 is 37.5. The van der Waals surface area contributed by atoms with E-state index in [0.717, 1.165) is 58.0 Å². The van der Waals surface area contributed by atoms with Gasteiger partial charge in [-0.15, -0.1) is 0 Å². The van der Waals surface area contributed by atoms with Crippen molar-refractivity contribution in [1.82, 2.24) is 4.31 Å². The number of thiol groups is 1. The highest BCUT2D eigenvalue weighted by Crippen LogP contribution is 2.39. The third kappa shape index (κ3) is 6.34. The Morgan fingerprint density at radius 3 is 2.52 bits per heavy atom. The van der Waals surface area contributed by atoms with Crippen molar-refractivity contribution in [2.24, 2.45) is 0 Å². The molecule has 0 N–H and O–H groups in total. The number of rotatable bonds is 9. The third-order valence-electron chi connectivity index (χ3n) is 7.74. The monoisotopic (exact) mass is 565 g/mol. The molecular weight excluding hydrogens is 526 g/mol. The maximum Gasteiger partial charge on any atom is 0.306 e. The van der Waals surface area contributed by atoms with Crippen molar-refractivity contribution < 1.29 is 28.0 Å². The first-order valence-corrected chi connectivity index (χ1v) is 16.3. The van der Waals surface area contributed by atoms with Crippen LogP contribution in [0, 0.1) is 13.8 Å². The lowest BCUT2D eigenvalue weighted by molar-refractivity contribution is -0.141. The summed E-state index contributed by atoms with van der Waals surface area (Å²) in [5.41, 5.74) is 6.70. The quantitative estimate of drug-likeness (QED) is 0.283. The molecule has 1 fully saturated rings. The fraction of sp³-hybridized carbons (Fsp3) is 0.406. The first-order chi connectivity index (χ1) is 19.1. The summed E-state index contributed by atoms with van der Waals surface area (Å²) in [7, 11) is -0.840. The first kappa shape index (κ1) is 28.2. The fourth-order valence-electron chi connectivity index (χ4n) is 5.67. The van der Waals surface area contributed by atoms with Crippen molar-refractivity contribution in [2.75, 3.05) is 39.3 Å². The minimum atomic E-state index is -2.24. The first-order valence-electron chi connectivity index (χ1n) is 13.7. The van der Waals surface area contributed by atoms with E-state index in [-0.39, 0.29) is 18.0 Å². The number of carbonyl (C=O) groups is 1. The number of ether oxygens (including phenoxy) is 4.